The van der Waals surface area contributed by atoms with Crippen molar-refractivity contribution in [2.24, 2.45) is 4.99 Å². The molecule has 0 spiro atoms. The zero-order chi connectivity index (χ0) is 20.0. The van der Waals surface area contributed by atoms with Crippen molar-refractivity contribution in [1.29, 1.82) is 0 Å². The highest BCUT2D eigenvalue weighted by molar-refractivity contribution is 14.0. The smallest absolute Gasteiger partial charge is 0.218 e. The van der Waals surface area contributed by atoms with Gasteiger partial charge >= 0.3 is 0 Å². The van der Waals surface area contributed by atoms with Gasteiger partial charge in [0.2, 0.25) is 5.88 Å². The quantitative estimate of drug-likeness (QED) is 0.185. The molecule has 1 aromatic carbocycles. The number of halogens is 1. The van der Waals surface area contributed by atoms with E-state index in [1.165, 1.54) is 0 Å². The van der Waals surface area contributed by atoms with Gasteiger partial charge in [-0.05, 0) is 25.0 Å². The monoisotopic (exact) mass is 514 g/mol. The highest BCUT2D eigenvalue weighted by Crippen LogP contribution is 2.16. The van der Waals surface area contributed by atoms with Gasteiger partial charge < -0.3 is 25.2 Å². The summed E-state index contributed by atoms with van der Waals surface area (Å²) in [6.07, 6.45) is 1.78. The van der Waals surface area contributed by atoms with E-state index < -0.39 is 6.10 Å². The number of pyridine rings is 1. The average molecular weight is 514 g/mol. The minimum absolute atomic E-state index is 0. The van der Waals surface area contributed by atoms with Gasteiger partial charge in [-0.2, -0.15) is 0 Å². The number of methoxy groups -OCH3 is 1. The van der Waals surface area contributed by atoms with E-state index in [1.54, 1.807) is 13.3 Å². The largest absolute Gasteiger partial charge is 0.475 e. The van der Waals surface area contributed by atoms with Crippen molar-refractivity contribution in [2.75, 3.05) is 33.4 Å². The summed E-state index contributed by atoms with van der Waals surface area (Å²) in [6, 6.07) is 13.5. The Kier molecular flexibility index (Phi) is 13.0. The molecule has 0 aliphatic carbocycles. The maximum absolute atomic E-state index is 10.3. The van der Waals surface area contributed by atoms with E-state index in [9.17, 15) is 5.11 Å². The van der Waals surface area contributed by atoms with Crippen LogP contribution in [0.15, 0.2) is 53.7 Å². The predicted octanol–water partition coefficient (Wildman–Crippen LogP) is 2.90. The predicted molar refractivity (Wildman–Crippen MR) is 126 cm³/mol. The van der Waals surface area contributed by atoms with Crippen LogP contribution in [0.3, 0.4) is 0 Å². The SMILES string of the molecule is CCNC(=NCc1cccnc1OCCOC)NCCC(O)c1ccccc1.I. The first kappa shape index (κ1) is 25.1. The van der Waals surface area contributed by atoms with Crippen LogP contribution in [0.4, 0.5) is 0 Å². The minimum Gasteiger partial charge on any atom is -0.475 e. The Morgan fingerprint density at radius 3 is 2.66 bits per heavy atom. The molecule has 0 saturated heterocycles. The van der Waals surface area contributed by atoms with Gasteiger partial charge in [0.15, 0.2) is 5.96 Å². The summed E-state index contributed by atoms with van der Waals surface area (Å²) in [6.45, 7) is 4.75. The maximum atomic E-state index is 10.3. The third kappa shape index (κ3) is 9.42. The fourth-order valence-corrected chi connectivity index (χ4v) is 2.57. The second-order valence-electron chi connectivity index (χ2n) is 6.15. The Bertz CT molecular complexity index is 716. The summed E-state index contributed by atoms with van der Waals surface area (Å²) in [7, 11) is 1.64. The van der Waals surface area contributed by atoms with E-state index in [2.05, 4.69) is 20.6 Å². The lowest BCUT2D eigenvalue weighted by Gasteiger charge is -2.15. The molecule has 0 aliphatic heterocycles. The molecule has 0 bridgehead atoms. The Morgan fingerprint density at radius 1 is 1.14 bits per heavy atom. The van der Waals surface area contributed by atoms with Crippen molar-refractivity contribution < 1.29 is 14.6 Å². The third-order valence-electron chi connectivity index (χ3n) is 4.02. The Labute approximate surface area is 190 Å². The first-order valence-corrected chi connectivity index (χ1v) is 9.55. The van der Waals surface area contributed by atoms with E-state index in [-0.39, 0.29) is 24.0 Å². The van der Waals surface area contributed by atoms with Crippen molar-refractivity contribution in [3.05, 3.63) is 59.8 Å². The topological polar surface area (TPSA) is 88.0 Å². The number of ether oxygens (including phenoxy) is 2. The van der Waals surface area contributed by atoms with Crippen LogP contribution in [0.25, 0.3) is 0 Å². The number of aliphatic hydroxyl groups excluding tert-OH is 1. The summed E-state index contributed by atoms with van der Waals surface area (Å²) in [5.41, 5.74) is 1.82. The Morgan fingerprint density at radius 2 is 1.93 bits per heavy atom. The summed E-state index contributed by atoms with van der Waals surface area (Å²) in [5.74, 6) is 1.26. The molecule has 0 radical (unpaired) electrons. The molecule has 0 saturated carbocycles. The summed E-state index contributed by atoms with van der Waals surface area (Å²) < 4.78 is 10.7. The zero-order valence-electron chi connectivity index (χ0n) is 17.0. The van der Waals surface area contributed by atoms with Crippen molar-refractivity contribution >= 4 is 29.9 Å². The number of hydrogen-bond acceptors (Lipinski definition) is 5. The standard InChI is InChI=1S/C21H30N4O3.HI/c1-3-22-21(24-13-11-19(26)17-8-5-4-6-9-17)25-16-18-10-7-12-23-20(18)28-15-14-27-2;/h4-10,12,19,26H,3,11,13-16H2,1-2H3,(H2,22,24,25);1H. The molecule has 7 nitrogen and oxygen atoms in total. The van der Waals surface area contributed by atoms with Gasteiger partial charge in [-0.25, -0.2) is 9.98 Å². The van der Waals surface area contributed by atoms with E-state index in [0.717, 1.165) is 17.7 Å². The summed E-state index contributed by atoms with van der Waals surface area (Å²) >= 11 is 0. The van der Waals surface area contributed by atoms with E-state index >= 15 is 0 Å². The van der Waals surface area contributed by atoms with Crippen LogP contribution in [0.1, 0.15) is 30.6 Å². The molecule has 3 N–H and O–H groups in total. The van der Waals surface area contributed by atoms with E-state index in [0.29, 0.717) is 44.6 Å². The van der Waals surface area contributed by atoms with Gasteiger partial charge in [0, 0.05) is 32.0 Å². The molecule has 1 unspecified atom stereocenters. The zero-order valence-corrected chi connectivity index (χ0v) is 19.3. The number of nitrogens with one attached hydrogen (secondary N) is 2. The summed E-state index contributed by atoms with van der Waals surface area (Å²) in [4.78, 5) is 8.88. The fraction of sp³-hybridized carbons (Fsp3) is 0.429. The fourth-order valence-electron chi connectivity index (χ4n) is 2.57. The normalized spacial score (nSPS) is 12.0. The van der Waals surface area contributed by atoms with Crippen LogP contribution in [0.5, 0.6) is 5.88 Å². The van der Waals surface area contributed by atoms with E-state index in [4.69, 9.17) is 9.47 Å². The number of nitrogens with zero attached hydrogens (tertiary/aromatic N) is 2. The average Bonchev–Trinajstić information content (AvgIpc) is 2.73. The van der Waals surface area contributed by atoms with Crippen LogP contribution < -0.4 is 15.4 Å². The van der Waals surface area contributed by atoms with Gasteiger partial charge in [-0.1, -0.05) is 36.4 Å². The molecular formula is C21H31IN4O3. The first-order valence-electron chi connectivity index (χ1n) is 9.55. The summed E-state index contributed by atoms with van der Waals surface area (Å²) in [5, 5.41) is 16.8. The molecule has 29 heavy (non-hydrogen) atoms. The number of guanidine groups is 1. The van der Waals surface area contributed by atoms with Crippen LogP contribution in [0.2, 0.25) is 0 Å². The molecule has 160 valence electrons. The number of benzene rings is 1. The molecule has 0 aliphatic rings. The Balaban J connectivity index is 0.00000420. The number of rotatable bonds is 11. The molecule has 8 heteroatoms. The number of aliphatic imine (C=N–C) groups is 1. The van der Waals surface area contributed by atoms with E-state index in [1.807, 2.05) is 49.4 Å². The molecule has 2 rings (SSSR count). The van der Waals surface area contributed by atoms with Crippen LogP contribution in [-0.4, -0.2) is 49.5 Å². The Hall–Kier alpha value is -1.91. The van der Waals surface area contributed by atoms with Gasteiger partial charge in [0.1, 0.15) is 6.61 Å². The molecule has 1 aromatic heterocycles. The van der Waals surface area contributed by atoms with Crippen LogP contribution in [0, 0.1) is 0 Å². The van der Waals surface area contributed by atoms with Gasteiger partial charge in [0.05, 0.1) is 19.3 Å². The molecular weight excluding hydrogens is 483 g/mol. The van der Waals surface area contributed by atoms with Gasteiger partial charge in [0.25, 0.3) is 0 Å². The van der Waals surface area contributed by atoms with Crippen molar-refractivity contribution in [1.82, 2.24) is 15.6 Å². The van der Waals surface area contributed by atoms with Gasteiger partial charge in [-0.3, -0.25) is 0 Å². The molecule has 1 atom stereocenters. The number of hydrogen-bond donors (Lipinski definition) is 3. The van der Waals surface area contributed by atoms with Crippen LogP contribution >= 0.6 is 24.0 Å². The van der Waals surface area contributed by atoms with Crippen molar-refractivity contribution in [3.63, 3.8) is 0 Å². The third-order valence-corrected chi connectivity index (χ3v) is 4.02. The molecule has 2 aromatic rings. The molecule has 0 fully saturated rings. The highest BCUT2D eigenvalue weighted by atomic mass is 127. The minimum atomic E-state index is -0.504. The second kappa shape index (κ2) is 15.0. The van der Waals surface area contributed by atoms with Crippen molar-refractivity contribution in [3.8, 4) is 5.88 Å². The second-order valence-corrected chi connectivity index (χ2v) is 6.15. The lowest BCUT2D eigenvalue weighted by molar-refractivity contribution is 0.143. The van der Waals surface area contributed by atoms with Crippen LogP contribution in [-0.2, 0) is 11.3 Å². The first-order chi connectivity index (χ1) is 13.7. The lowest BCUT2D eigenvalue weighted by Crippen LogP contribution is -2.38. The van der Waals surface area contributed by atoms with Crippen molar-refractivity contribution in [2.45, 2.75) is 26.0 Å². The molecule has 1 heterocycles. The maximum Gasteiger partial charge on any atom is 0.218 e. The number of aromatic nitrogens is 1. The number of aliphatic hydroxyl groups is 1. The molecule has 0 amide bonds. The van der Waals surface area contributed by atoms with Gasteiger partial charge in [-0.15, -0.1) is 24.0 Å². The highest BCUT2D eigenvalue weighted by Gasteiger charge is 2.08. The lowest BCUT2D eigenvalue weighted by atomic mass is 10.1.